The van der Waals surface area contributed by atoms with Crippen molar-refractivity contribution in [2.75, 3.05) is 0 Å². The number of carbonyl (C=O) groups excluding carboxylic acids is 1. The van der Waals surface area contributed by atoms with E-state index in [0.717, 1.165) is 18.2 Å². The SMILES string of the molecule is CC(OC(=O)CCCc1nc(C(C)(C)C)no1)c1cc(F)ccc1F. The number of nitrogens with zero attached hydrogens (tertiary/aromatic N) is 2. The van der Waals surface area contributed by atoms with Crippen molar-refractivity contribution >= 4 is 5.97 Å². The molecular formula is C18H22F2N2O3. The predicted molar refractivity (Wildman–Crippen MR) is 86.8 cm³/mol. The van der Waals surface area contributed by atoms with E-state index in [2.05, 4.69) is 10.1 Å². The molecular weight excluding hydrogens is 330 g/mol. The molecule has 0 spiro atoms. The molecule has 0 aliphatic heterocycles. The van der Waals surface area contributed by atoms with E-state index in [1.807, 2.05) is 20.8 Å². The molecule has 1 aromatic heterocycles. The minimum absolute atomic E-state index is 0.0140. The maximum atomic E-state index is 13.7. The molecule has 0 saturated carbocycles. The number of ether oxygens (including phenoxy) is 1. The Hall–Kier alpha value is -2.31. The van der Waals surface area contributed by atoms with Gasteiger partial charge in [-0.1, -0.05) is 25.9 Å². The van der Waals surface area contributed by atoms with Gasteiger partial charge in [0.1, 0.15) is 17.7 Å². The van der Waals surface area contributed by atoms with Gasteiger partial charge >= 0.3 is 5.97 Å². The lowest BCUT2D eigenvalue weighted by atomic mass is 9.96. The van der Waals surface area contributed by atoms with Crippen LogP contribution in [-0.4, -0.2) is 16.1 Å². The van der Waals surface area contributed by atoms with E-state index >= 15 is 0 Å². The maximum absolute atomic E-state index is 13.7. The smallest absolute Gasteiger partial charge is 0.306 e. The largest absolute Gasteiger partial charge is 0.458 e. The van der Waals surface area contributed by atoms with Gasteiger partial charge in [0.05, 0.1) is 0 Å². The van der Waals surface area contributed by atoms with Crippen LogP contribution in [0, 0.1) is 11.6 Å². The number of esters is 1. The minimum atomic E-state index is -0.862. The summed E-state index contributed by atoms with van der Waals surface area (Å²) in [6.07, 6.45) is 0.164. The van der Waals surface area contributed by atoms with Crippen LogP contribution in [0.15, 0.2) is 22.7 Å². The third-order valence-corrected chi connectivity index (χ3v) is 3.61. The molecule has 0 fully saturated rings. The van der Waals surface area contributed by atoms with E-state index in [1.165, 1.54) is 6.92 Å². The van der Waals surface area contributed by atoms with Crippen LogP contribution in [0.1, 0.15) is 63.9 Å². The Balaban J connectivity index is 1.82. The molecule has 1 atom stereocenters. The van der Waals surface area contributed by atoms with Crippen molar-refractivity contribution in [2.24, 2.45) is 0 Å². The third-order valence-electron chi connectivity index (χ3n) is 3.61. The van der Waals surface area contributed by atoms with Gasteiger partial charge in [0.2, 0.25) is 5.89 Å². The van der Waals surface area contributed by atoms with Gasteiger partial charge in [0.15, 0.2) is 5.82 Å². The highest BCUT2D eigenvalue weighted by Gasteiger charge is 2.21. The average Bonchev–Trinajstić information content (AvgIpc) is 2.98. The second kappa shape index (κ2) is 7.72. The third kappa shape index (κ3) is 5.34. The van der Waals surface area contributed by atoms with Crippen molar-refractivity contribution in [1.82, 2.24) is 10.1 Å². The van der Waals surface area contributed by atoms with Crippen molar-refractivity contribution in [3.8, 4) is 0 Å². The highest BCUT2D eigenvalue weighted by Crippen LogP contribution is 2.22. The summed E-state index contributed by atoms with van der Waals surface area (Å²) in [5, 5.41) is 3.91. The van der Waals surface area contributed by atoms with Crippen LogP contribution in [0.2, 0.25) is 0 Å². The zero-order chi connectivity index (χ0) is 18.6. The Kier molecular flexibility index (Phi) is 5.87. The molecule has 0 N–H and O–H groups in total. The van der Waals surface area contributed by atoms with Crippen molar-refractivity contribution in [3.63, 3.8) is 0 Å². The Labute approximate surface area is 145 Å². The van der Waals surface area contributed by atoms with E-state index in [4.69, 9.17) is 9.26 Å². The first kappa shape index (κ1) is 19.0. The standard InChI is InChI=1S/C18H22F2N2O3/c1-11(13-10-12(19)8-9-14(13)20)24-16(23)7-5-6-15-21-17(22-25-15)18(2,3)4/h8-11H,5-7H2,1-4H3. The summed E-state index contributed by atoms with van der Waals surface area (Å²) >= 11 is 0. The van der Waals surface area contributed by atoms with Crippen LogP contribution < -0.4 is 0 Å². The molecule has 5 nitrogen and oxygen atoms in total. The van der Waals surface area contributed by atoms with Crippen molar-refractivity contribution in [1.29, 1.82) is 0 Å². The number of rotatable bonds is 6. The lowest BCUT2D eigenvalue weighted by molar-refractivity contribution is -0.148. The molecule has 25 heavy (non-hydrogen) atoms. The molecule has 2 rings (SSSR count). The minimum Gasteiger partial charge on any atom is -0.458 e. The van der Waals surface area contributed by atoms with Crippen LogP contribution in [0.25, 0.3) is 0 Å². The van der Waals surface area contributed by atoms with Crippen LogP contribution in [-0.2, 0) is 21.4 Å². The summed E-state index contributed by atoms with van der Waals surface area (Å²) in [4.78, 5) is 16.2. The molecule has 1 aromatic carbocycles. The van der Waals surface area contributed by atoms with Crippen molar-refractivity contribution in [3.05, 3.63) is 47.1 Å². The van der Waals surface area contributed by atoms with Gasteiger partial charge in [-0.15, -0.1) is 0 Å². The monoisotopic (exact) mass is 352 g/mol. The highest BCUT2D eigenvalue weighted by atomic mass is 19.1. The fourth-order valence-corrected chi connectivity index (χ4v) is 2.19. The number of aromatic nitrogens is 2. The highest BCUT2D eigenvalue weighted by molar-refractivity contribution is 5.69. The first-order chi connectivity index (χ1) is 11.7. The van der Waals surface area contributed by atoms with E-state index in [9.17, 15) is 13.6 Å². The zero-order valence-corrected chi connectivity index (χ0v) is 14.8. The van der Waals surface area contributed by atoms with Gasteiger partial charge < -0.3 is 9.26 Å². The van der Waals surface area contributed by atoms with Gasteiger partial charge in [-0.3, -0.25) is 4.79 Å². The normalized spacial score (nSPS) is 12.9. The molecule has 0 amide bonds. The topological polar surface area (TPSA) is 65.2 Å². The second-order valence-corrected chi connectivity index (χ2v) is 6.91. The Morgan fingerprint density at radius 2 is 2.04 bits per heavy atom. The Bertz CT molecular complexity index is 738. The average molecular weight is 352 g/mol. The number of hydrogen-bond donors (Lipinski definition) is 0. The Morgan fingerprint density at radius 1 is 1.32 bits per heavy atom. The van der Waals surface area contributed by atoms with Gasteiger partial charge in [0, 0.05) is 23.8 Å². The number of halogens is 2. The van der Waals surface area contributed by atoms with Gasteiger partial charge in [-0.2, -0.15) is 4.98 Å². The van der Waals surface area contributed by atoms with Gasteiger partial charge in [0.25, 0.3) is 0 Å². The van der Waals surface area contributed by atoms with Crippen molar-refractivity contribution in [2.45, 2.75) is 58.5 Å². The second-order valence-electron chi connectivity index (χ2n) is 6.91. The summed E-state index contributed by atoms with van der Waals surface area (Å²) in [6.45, 7) is 7.44. The number of carbonyl (C=O) groups is 1. The molecule has 1 heterocycles. The van der Waals surface area contributed by atoms with Gasteiger partial charge in [-0.05, 0) is 31.5 Å². The lowest BCUT2D eigenvalue weighted by Gasteiger charge is -2.14. The van der Waals surface area contributed by atoms with Crippen LogP contribution in [0.3, 0.4) is 0 Å². The fraction of sp³-hybridized carbons (Fsp3) is 0.500. The predicted octanol–water partition coefficient (Wildman–Crippen LogP) is 4.27. The van der Waals surface area contributed by atoms with Crippen LogP contribution in [0.4, 0.5) is 8.78 Å². The molecule has 2 aromatic rings. The molecule has 0 aliphatic rings. The molecule has 0 bridgehead atoms. The summed E-state index contributed by atoms with van der Waals surface area (Å²) < 4.78 is 37.2. The number of hydrogen-bond acceptors (Lipinski definition) is 5. The number of aryl methyl sites for hydroxylation is 1. The number of benzene rings is 1. The summed E-state index contributed by atoms with van der Waals surface area (Å²) in [5.41, 5.74) is -0.189. The summed E-state index contributed by atoms with van der Waals surface area (Å²) in [5.74, 6) is -0.610. The lowest BCUT2D eigenvalue weighted by Crippen LogP contribution is -2.13. The van der Waals surface area contributed by atoms with Gasteiger partial charge in [-0.25, -0.2) is 8.78 Å². The van der Waals surface area contributed by atoms with E-state index in [-0.39, 0.29) is 17.4 Å². The Morgan fingerprint density at radius 3 is 2.68 bits per heavy atom. The first-order valence-electron chi connectivity index (χ1n) is 8.14. The molecule has 0 radical (unpaired) electrons. The molecule has 1 unspecified atom stereocenters. The maximum Gasteiger partial charge on any atom is 0.306 e. The van der Waals surface area contributed by atoms with E-state index in [0.29, 0.717) is 24.6 Å². The fourth-order valence-electron chi connectivity index (χ4n) is 2.19. The molecule has 7 heteroatoms. The first-order valence-corrected chi connectivity index (χ1v) is 8.14. The van der Waals surface area contributed by atoms with Crippen LogP contribution >= 0.6 is 0 Å². The summed E-state index contributed by atoms with van der Waals surface area (Å²) in [7, 11) is 0. The van der Waals surface area contributed by atoms with Crippen molar-refractivity contribution < 1.29 is 22.8 Å². The van der Waals surface area contributed by atoms with E-state index in [1.54, 1.807) is 0 Å². The van der Waals surface area contributed by atoms with Crippen LogP contribution in [0.5, 0.6) is 0 Å². The molecule has 0 saturated heterocycles. The molecule has 0 aliphatic carbocycles. The quantitative estimate of drug-likeness (QED) is 0.726. The molecule has 136 valence electrons. The van der Waals surface area contributed by atoms with E-state index < -0.39 is 23.7 Å². The summed E-state index contributed by atoms with van der Waals surface area (Å²) in [6, 6.07) is 3.06. The zero-order valence-electron chi connectivity index (χ0n) is 14.8.